The molecule has 4 aromatic rings. The van der Waals surface area contributed by atoms with Crippen LogP contribution in [0.4, 0.5) is 14.5 Å². The Morgan fingerprint density at radius 1 is 1.14 bits per heavy atom. The van der Waals surface area contributed by atoms with Gasteiger partial charge in [0.25, 0.3) is 0 Å². The lowest BCUT2D eigenvalue weighted by molar-refractivity contribution is 0.436. The van der Waals surface area contributed by atoms with Crippen molar-refractivity contribution in [3.63, 3.8) is 0 Å². The highest BCUT2D eigenvalue weighted by atomic mass is 19.1. The van der Waals surface area contributed by atoms with E-state index in [1.54, 1.807) is 19.1 Å². The number of hydrogen-bond donors (Lipinski definition) is 1. The van der Waals surface area contributed by atoms with Crippen molar-refractivity contribution in [2.45, 2.75) is 13.3 Å². The van der Waals surface area contributed by atoms with E-state index in [1.165, 1.54) is 30.6 Å². The van der Waals surface area contributed by atoms with E-state index in [4.69, 9.17) is 14.9 Å². The predicted octanol–water partition coefficient (Wildman–Crippen LogP) is 4.13. The number of aromatic nitrogens is 2. The Hall–Kier alpha value is -3.81. The fraction of sp³-hybridized carbons (Fsp3) is 0.0952. The van der Waals surface area contributed by atoms with E-state index in [1.807, 2.05) is 0 Å². The van der Waals surface area contributed by atoms with E-state index in [0.717, 1.165) is 6.07 Å². The normalized spacial score (nSPS) is 11.0. The van der Waals surface area contributed by atoms with Gasteiger partial charge in [-0.05, 0) is 30.2 Å². The predicted molar refractivity (Wildman–Crippen MR) is 103 cm³/mol. The Morgan fingerprint density at radius 2 is 1.90 bits per heavy atom. The molecule has 0 aliphatic carbocycles. The van der Waals surface area contributed by atoms with Crippen LogP contribution in [0, 0.1) is 18.6 Å². The second-order valence-corrected chi connectivity index (χ2v) is 6.40. The van der Waals surface area contributed by atoms with Crippen LogP contribution in [0.2, 0.25) is 0 Å². The van der Waals surface area contributed by atoms with Gasteiger partial charge in [-0.2, -0.15) is 0 Å². The standard InChI is InChI=1S/C21H15F2N3O3/c1-11-14(8-12-4-2-5-16(24)19(12)23)20(27)29-17-10-13(9-15(22)18(11)17)28-21-25-6-3-7-26-21/h2-7,9-10H,8,24H2,1H3. The van der Waals surface area contributed by atoms with Crippen molar-refractivity contribution in [3.05, 3.63) is 87.5 Å². The topological polar surface area (TPSA) is 91.2 Å². The Morgan fingerprint density at radius 3 is 2.66 bits per heavy atom. The third kappa shape index (κ3) is 3.52. The molecule has 8 heteroatoms. The number of nitrogens with zero attached hydrogens (tertiary/aromatic N) is 2. The quantitative estimate of drug-likeness (QED) is 0.413. The van der Waals surface area contributed by atoms with Gasteiger partial charge in [0.05, 0.1) is 11.1 Å². The minimum absolute atomic E-state index is 0.00947. The number of aryl methyl sites for hydroxylation is 1. The van der Waals surface area contributed by atoms with E-state index < -0.39 is 17.3 Å². The van der Waals surface area contributed by atoms with Crippen molar-refractivity contribution in [1.29, 1.82) is 0 Å². The molecule has 0 radical (unpaired) electrons. The van der Waals surface area contributed by atoms with Crippen molar-refractivity contribution in [2.24, 2.45) is 0 Å². The van der Waals surface area contributed by atoms with Crippen LogP contribution in [-0.2, 0) is 6.42 Å². The van der Waals surface area contributed by atoms with Crippen LogP contribution in [0.15, 0.2) is 58.0 Å². The van der Waals surface area contributed by atoms with Gasteiger partial charge in [0.1, 0.15) is 23.0 Å². The van der Waals surface area contributed by atoms with Crippen molar-refractivity contribution in [1.82, 2.24) is 9.97 Å². The first-order chi connectivity index (χ1) is 13.9. The molecule has 0 saturated carbocycles. The lowest BCUT2D eigenvalue weighted by atomic mass is 9.98. The summed E-state index contributed by atoms with van der Waals surface area (Å²) < 4.78 is 39.8. The summed E-state index contributed by atoms with van der Waals surface area (Å²) in [6.07, 6.45) is 2.88. The summed E-state index contributed by atoms with van der Waals surface area (Å²) in [6.45, 7) is 1.59. The van der Waals surface area contributed by atoms with Gasteiger partial charge in [0, 0.05) is 36.5 Å². The summed E-state index contributed by atoms with van der Waals surface area (Å²) in [5.41, 5.74) is 5.61. The first-order valence-corrected chi connectivity index (χ1v) is 8.67. The molecule has 29 heavy (non-hydrogen) atoms. The molecule has 2 N–H and O–H groups in total. The number of nitrogens with two attached hydrogens (primary N) is 1. The summed E-state index contributed by atoms with van der Waals surface area (Å²) in [5, 5.41) is 0.116. The smallest absolute Gasteiger partial charge is 0.340 e. The second-order valence-electron chi connectivity index (χ2n) is 6.40. The molecule has 0 atom stereocenters. The van der Waals surface area contributed by atoms with E-state index in [-0.39, 0.29) is 46.0 Å². The highest BCUT2D eigenvalue weighted by molar-refractivity contribution is 5.83. The zero-order chi connectivity index (χ0) is 20.5. The average Bonchev–Trinajstić information content (AvgIpc) is 2.68. The Labute approximate surface area is 163 Å². The molecular formula is C21H15F2N3O3. The fourth-order valence-corrected chi connectivity index (χ4v) is 3.10. The van der Waals surface area contributed by atoms with E-state index >= 15 is 0 Å². The van der Waals surface area contributed by atoms with E-state index in [9.17, 15) is 13.6 Å². The number of anilines is 1. The maximum atomic E-state index is 14.8. The molecular weight excluding hydrogens is 380 g/mol. The van der Waals surface area contributed by atoms with Crippen molar-refractivity contribution >= 4 is 16.7 Å². The van der Waals surface area contributed by atoms with Gasteiger partial charge < -0.3 is 14.9 Å². The van der Waals surface area contributed by atoms with Crippen LogP contribution in [0.5, 0.6) is 11.8 Å². The molecule has 2 aromatic heterocycles. The number of rotatable bonds is 4. The van der Waals surface area contributed by atoms with Crippen LogP contribution in [0.25, 0.3) is 11.0 Å². The highest BCUT2D eigenvalue weighted by Crippen LogP contribution is 2.30. The summed E-state index contributed by atoms with van der Waals surface area (Å²) >= 11 is 0. The average molecular weight is 395 g/mol. The van der Waals surface area contributed by atoms with Gasteiger partial charge in [-0.15, -0.1) is 0 Å². The molecule has 4 rings (SSSR count). The molecule has 6 nitrogen and oxygen atoms in total. The molecule has 0 amide bonds. The maximum Gasteiger partial charge on any atom is 0.340 e. The summed E-state index contributed by atoms with van der Waals surface area (Å²) in [6, 6.07) is 8.69. The number of hydrogen-bond acceptors (Lipinski definition) is 6. The van der Waals surface area contributed by atoms with Crippen LogP contribution >= 0.6 is 0 Å². The van der Waals surface area contributed by atoms with Crippen molar-refractivity contribution in [2.75, 3.05) is 5.73 Å². The van der Waals surface area contributed by atoms with E-state index in [0.29, 0.717) is 5.56 Å². The summed E-state index contributed by atoms with van der Waals surface area (Å²) in [7, 11) is 0. The second kappa shape index (κ2) is 7.31. The monoisotopic (exact) mass is 395 g/mol. The third-order valence-corrected chi connectivity index (χ3v) is 4.53. The maximum absolute atomic E-state index is 14.8. The Balaban J connectivity index is 1.79. The van der Waals surface area contributed by atoms with Gasteiger partial charge in [-0.1, -0.05) is 12.1 Å². The first kappa shape index (κ1) is 18.5. The van der Waals surface area contributed by atoms with Crippen molar-refractivity contribution in [3.8, 4) is 11.8 Å². The van der Waals surface area contributed by atoms with Crippen molar-refractivity contribution < 1.29 is 17.9 Å². The molecule has 0 saturated heterocycles. The zero-order valence-corrected chi connectivity index (χ0v) is 15.3. The number of halogens is 2. The lowest BCUT2D eigenvalue weighted by Crippen LogP contribution is -2.12. The number of fused-ring (bicyclic) bond motifs is 1. The largest absolute Gasteiger partial charge is 0.424 e. The molecule has 0 aliphatic heterocycles. The molecule has 0 fully saturated rings. The molecule has 0 spiro atoms. The van der Waals surface area contributed by atoms with Crippen LogP contribution in [-0.4, -0.2) is 9.97 Å². The molecule has 0 bridgehead atoms. The minimum Gasteiger partial charge on any atom is -0.424 e. The van der Waals surface area contributed by atoms with Gasteiger partial charge >= 0.3 is 11.6 Å². The summed E-state index contributed by atoms with van der Waals surface area (Å²) in [5.74, 6) is -1.18. The molecule has 0 unspecified atom stereocenters. The molecule has 0 aliphatic rings. The number of nitrogen functional groups attached to an aromatic ring is 1. The van der Waals surface area contributed by atoms with E-state index in [2.05, 4.69) is 9.97 Å². The SMILES string of the molecule is Cc1c(Cc2cccc(N)c2F)c(=O)oc2cc(Oc3ncccn3)cc(F)c12. The Kier molecular flexibility index (Phi) is 4.67. The molecule has 2 aromatic carbocycles. The van der Waals surface area contributed by atoms with Crippen LogP contribution in [0.3, 0.4) is 0 Å². The zero-order valence-electron chi connectivity index (χ0n) is 15.3. The molecule has 2 heterocycles. The lowest BCUT2D eigenvalue weighted by Gasteiger charge is -2.11. The third-order valence-electron chi connectivity index (χ3n) is 4.53. The number of benzene rings is 2. The summed E-state index contributed by atoms with van der Waals surface area (Å²) in [4.78, 5) is 20.3. The minimum atomic E-state index is -0.690. The van der Waals surface area contributed by atoms with Gasteiger partial charge in [-0.25, -0.2) is 23.5 Å². The first-order valence-electron chi connectivity index (χ1n) is 8.67. The highest BCUT2D eigenvalue weighted by Gasteiger charge is 2.18. The van der Waals surface area contributed by atoms with Gasteiger partial charge in [0.2, 0.25) is 0 Å². The fourth-order valence-electron chi connectivity index (χ4n) is 3.10. The number of ether oxygens (including phenoxy) is 1. The van der Waals surface area contributed by atoms with Crippen LogP contribution in [0.1, 0.15) is 16.7 Å². The Bertz CT molecular complexity index is 1270. The molecule has 146 valence electrons. The van der Waals surface area contributed by atoms with Gasteiger partial charge in [0.15, 0.2) is 0 Å². The van der Waals surface area contributed by atoms with Crippen LogP contribution < -0.4 is 16.1 Å². The van der Waals surface area contributed by atoms with Gasteiger partial charge in [-0.3, -0.25) is 0 Å².